The van der Waals surface area contributed by atoms with E-state index >= 15 is 0 Å². The minimum atomic E-state index is -0.467. The van der Waals surface area contributed by atoms with Crippen molar-refractivity contribution in [3.63, 3.8) is 0 Å². The molecule has 0 unspecified atom stereocenters. The van der Waals surface area contributed by atoms with Gasteiger partial charge in [0.1, 0.15) is 12.4 Å². The van der Waals surface area contributed by atoms with Gasteiger partial charge in [-0.25, -0.2) is 9.18 Å². The molecular weight excluding hydrogens is 257 g/mol. The predicted molar refractivity (Wildman–Crippen MR) is 73.8 cm³/mol. The van der Waals surface area contributed by atoms with Crippen molar-refractivity contribution in [3.05, 3.63) is 71.7 Å². The van der Waals surface area contributed by atoms with Crippen molar-refractivity contribution in [2.45, 2.75) is 6.61 Å². The molecule has 1 aromatic heterocycles. The predicted octanol–water partition coefficient (Wildman–Crippen LogP) is 3.66. The second-order valence-electron chi connectivity index (χ2n) is 4.42. The van der Waals surface area contributed by atoms with Crippen molar-refractivity contribution in [1.82, 2.24) is 4.98 Å². The van der Waals surface area contributed by atoms with Crippen LogP contribution in [0.1, 0.15) is 15.9 Å². The molecule has 0 spiro atoms. The minimum Gasteiger partial charge on any atom is -0.457 e. The van der Waals surface area contributed by atoms with Gasteiger partial charge in [0, 0.05) is 22.7 Å². The summed E-state index contributed by atoms with van der Waals surface area (Å²) >= 11 is 0. The van der Waals surface area contributed by atoms with Gasteiger partial charge < -0.3 is 9.72 Å². The van der Waals surface area contributed by atoms with E-state index in [2.05, 4.69) is 4.98 Å². The van der Waals surface area contributed by atoms with Gasteiger partial charge in [0.25, 0.3) is 0 Å². The van der Waals surface area contributed by atoms with E-state index in [1.54, 1.807) is 24.4 Å². The molecule has 3 rings (SSSR count). The van der Waals surface area contributed by atoms with E-state index in [1.165, 1.54) is 6.07 Å². The van der Waals surface area contributed by atoms with E-state index in [-0.39, 0.29) is 12.4 Å². The third-order valence-electron chi connectivity index (χ3n) is 3.13. The van der Waals surface area contributed by atoms with Crippen LogP contribution in [0, 0.1) is 5.82 Å². The zero-order valence-corrected chi connectivity index (χ0v) is 10.6. The number of carbonyl (C=O) groups is 1. The Labute approximate surface area is 115 Å². The molecule has 0 aliphatic heterocycles. The van der Waals surface area contributed by atoms with Crippen LogP contribution in [0.25, 0.3) is 10.9 Å². The molecule has 3 nitrogen and oxygen atoms in total. The van der Waals surface area contributed by atoms with Gasteiger partial charge in [0.05, 0.1) is 5.56 Å². The highest BCUT2D eigenvalue weighted by Gasteiger charge is 2.13. The number of hydrogen-bond donors (Lipinski definition) is 1. The normalized spacial score (nSPS) is 10.7. The van der Waals surface area contributed by atoms with Crippen molar-refractivity contribution < 1.29 is 13.9 Å². The van der Waals surface area contributed by atoms with E-state index in [4.69, 9.17) is 4.74 Å². The van der Waals surface area contributed by atoms with Crippen LogP contribution < -0.4 is 0 Å². The maximum Gasteiger partial charge on any atom is 0.340 e. The van der Waals surface area contributed by atoms with Gasteiger partial charge in [-0.05, 0) is 12.1 Å². The summed E-state index contributed by atoms with van der Waals surface area (Å²) in [7, 11) is 0. The molecule has 0 saturated heterocycles. The average molecular weight is 269 g/mol. The molecule has 0 aliphatic carbocycles. The van der Waals surface area contributed by atoms with E-state index in [0.717, 1.165) is 10.9 Å². The fraction of sp³-hybridized carbons (Fsp3) is 0.0625. The Morgan fingerprint density at radius 3 is 2.70 bits per heavy atom. The first-order chi connectivity index (χ1) is 9.75. The molecule has 1 N–H and O–H groups in total. The van der Waals surface area contributed by atoms with E-state index in [0.29, 0.717) is 11.1 Å². The number of esters is 1. The van der Waals surface area contributed by atoms with Gasteiger partial charge in [-0.15, -0.1) is 0 Å². The maximum absolute atomic E-state index is 13.4. The number of rotatable bonds is 3. The highest BCUT2D eigenvalue weighted by molar-refractivity contribution is 6.03. The number of carbonyl (C=O) groups excluding carboxylic acids is 1. The lowest BCUT2D eigenvalue weighted by Crippen LogP contribution is -2.05. The quantitative estimate of drug-likeness (QED) is 0.737. The number of benzene rings is 2. The van der Waals surface area contributed by atoms with E-state index < -0.39 is 5.97 Å². The Morgan fingerprint density at radius 2 is 1.85 bits per heavy atom. The summed E-state index contributed by atoms with van der Waals surface area (Å²) in [5.74, 6) is -0.843. The first kappa shape index (κ1) is 12.4. The Bertz CT molecular complexity index is 764. The maximum atomic E-state index is 13.4. The summed E-state index contributed by atoms with van der Waals surface area (Å²) < 4.78 is 18.6. The lowest BCUT2D eigenvalue weighted by molar-refractivity contribution is 0.0471. The van der Waals surface area contributed by atoms with Gasteiger partial charge >= 0.3 is 5.97 Å². The van der Waals surface area contributed by atoms with Gasteiger partial charge in [-0.2, -0.15) is 0 Å². The fourth-order valence-electron chi connectivity index (χ4n) is 2.08. The molecule has 4 heteroatoms. The van der Waals surface area contributed by atoms with Crippen LogP contribution in [0.4, 0.5) is 4.39 Å². The smallest absolute Gasteiger partial charge is 0.340 e. The van der Waals surface area contributed by atoms with Crippen molar-refractivity contribution in [1.29, 1.82) is 0 Å². The summed E-state index contributed by atoms with van der Waals surface area (Å²) in [6.07, 6.45) is 1.61. The zero-order valence-electron chi connectivity index (χ0n) is 10.6. The van der Waals surface area contributed by atoms with Crippen LogP contribution in [0.15, 0.2) is 54.7 Å². The molecule has 100 valence electrons. The zero-order chi connectivity index (χ0) is 13.9. The second-order valence-corrected chi connectivity index (χ2v) is 4.42. The molecule has 0 radical (unpaired) electrons. The van der Waals surface area contributed by atoms with Crippen molar-refractivity contribution in [2.24, 2.45) is 0 Å². The molecular formula is C16H12FNO2. The minimum absolute atomic E-state index is 0.0784. The summed E-state index contributed by atoms with van der Waals surface area (Å²) in [5, 5.41) is 0.797. The third-order valence-corrected chi connectivity index (χ3v) is 3.13. The first-order valence-corrected chi connectivity index (χ1v) is 6.22. The molecule has 2 aromatic carbocycles. The number of para-hydroxylation sites is 1. The fourth-order valence-corrected chi connectivity index (χ4v) is 2.08. The number of aromatic amines is 1. The van der Waals surface area contributed by atoms with Gasteiger partial charge in [0.15, 0.2) is 0 Å². The van der Waals surface area contributed by atoms with Crippen molar-refractivity contribution >= 4 is 16.9 Å². The lowest BCUT2D eigenvalue weighted by Gasteiger charge is -2.05. The van der Waals surface area contributed by atoms with Crippen LogP contribution >= 0.6 is 0 Å². The number of hydrogen-bond acceptors (Lipinski definition) is 2. The van der Waals surface area contributed by atoms with Crippen molar-refractivity contribution in [2.75, 3.05) is 0 Å². The SMILES string of the molecule is O=C(OCc1ccccc1F)c1c[nH]c2ccccc12. The van der Waals surface area contributed by atoms with E-state index in [1.807, 2.05) is 24.3 Å². The topological polar surface area (TPSA) is 42.1 Å². The van der Waals surface area contributed by atoms with E-state index in [9.17, 15) is 9.18 Å². The Balaban J connectivity index is 1.79. The largest absolute Gasteiger partial charge is 0.457 e. The number of aromatic nitrogens is 1. The Morgan fingerprint density at radius 1 is 1.10 bits per heavy atom. The summed E-state index contributed by atoms with van der Waals surface area (Å²) in [5.41, 5.74) is 1.68. The van der Waals surface area contributed by atoms with Gasteiger partial charge in [0.2, 0.25) is 0 Å². The molecule has 0 saturated carbocycles. The first-order valence-electron chi connectivity index (χ1n) is 6.22. The summed E-state index contributed by atoms with van der Waals surface area (Å²) in [6.45, 7) is -0.0784. The molecule has 0 fully saturated rings. The number of H-pyrrole nitrogens is 1. The van der Waals surface area contributed by atoms with Crippen LogP contribution in [0.2, 0.25) is 0 Å². The van der Waals surface area contributed by atoms with Crippen LogP contribution in [-0.4, -0.2) is 11.0 Å². The second kappa shape index (κ2) is 5.17. The molecule has 3 aromatic rings. The Hall–Kier alpha value is -2.62. The Kier molecular flexibility index (Phi) is 3.21. The molecule has 0 aliphatic rings. The number of halogens is 1. The van der Waals surface area contributed by atoms with Crippen LogP contribution in [-0.2, 0) is 11.3 Å². The highest BCUT2D eigenvalue weighted by Crippen LogP contribution is 2.19. The molecule has 20 heavy (non-hydrogen) atoms. The highest BCUT2D eigenvalue weighted by atomic mass is 19.1. The van der Waals surface area contributed by atoms with Gasteiger partial charge in [-0.1, -0.05) is 36.4 Å². The molecule has 0 amide bonds. The lowest BCUT2D eigenvalue weighted by atomic mass is 10.2. The van der Waals surface area contributed by atoms with Crippen LogP contribution in [0.5, 0.6) is 0 Å². The van der Waals surface area contributed by atoms with Crippen LogP contribution in [0.3, 0.4) is 0 Å². The monoisotopic (exact) mass is 269 g/mol. The summed E-state index contributed by atoms with van der Waals surface area (Å²) in [4.78, 5) is 15.0. The number of fused-ring (bicyclic) bond motifs is 1. The molecule has 0 atom stereocenters. The molecule has 1 heterocycles. The molecule has 0 bridgehead atoms. The average Bonchev–Trinajstić information content (AvgIpc) is 2.90. The van der Waals surface area contributed by atoms with Crippen molar-refractivity contribution in [3.8, 4) is 0 Å². The number of nitrogens with one attached hydrogen (secondary N) is 1. The number of ether oxygens (including phenoxy) is 1. The summed E-state index contributed by atoms with van der Waals surface area (Å²) in [6, 6.07) is 13.7. The standard InChI is InChI=1S/C16H12FNO2/c17-14-7-3-1-5-11(14)10-20-16(19)13-9-18-15-8-4-2-6-12(13)15/h1-9,18H,10H2. The van der Waals surface area contributed by atoms with Gasteiger partial charge in [-0.3, -0.25) is 0 Å². The third kappa shape index (κ3) is 2.28.